The smallest absolute Gasteiger partial charge is 0.193 e. The summed E-state index contributed by atoms with van der Waals surface area (Å²) in [5.74, 6) is 1.54. The molecule has 0 aromatic heterocycles. The molecule has 2 aliphatic rings. The zero-order chi connectivity index (χ0) is 21.9. The number of rotatable bonds is 9. The molecular weight excluding hydrogens is 522 g/mol. The lowest BCUT2D eigenvalue weighted by Crippen LogP contribution is -2.48. The van der Waals surface area contributed by atoms with Crippen LogP contribution in [-0.4, -0.2) is 82.0 Å². The molecule has 1 aromatic carbocycles. The van der Waals surface area contributed by atoms with E-state index in [4.69, 9.17) is 9.47 Å². The normalized spacial score (nSPS) is 19.1. The first-order valence-corrected chi connectivity index (χ1v) is 11.7. The second-order valence-corrected chi connectivity index (χ2v) is 8.64. The van der Waals surface area contributed by atoms with E-state index in [1.165, 1.54) is 0 Å². The van der Waals surface area contributed by atoms with Gasteiger partial charge in [-0.2, -0.15) is 0 Å². The number of methoxy groups -OCH3 is 1. The Hall–Kier alpha value is -0.970. The van der Waals surface area contributed by atoms with Crippen molar-refractivity contribution in [3.8, 4) is 0 Å². The lowest BCUT2D eigenvalue weighted by atomic mass is 9.96. The Morgan fingerprint density at radius 3 is 2.47 bits per heavy atom. The zero-order valence-electron chi connectivity index (χ0n) is 19.6. The average Bonchev–Trinajstić information content (AvgIpc) is 2.80. The van der Waals surface area contributed by atoms with Crippen LogP contribution in [0.3, 0.4) is 0 Å². The number of piperidine rings is 2. The third-order valence-electron chi connectivity index (χ3n) is 6.41. The van der Waals surface area contributed by atoms with Crippen molar-refractivity contribution in [2.45, 2.75) is 44.8 Å². The summed E-state index contributed by atoms with van der Waals surface area (Å²) >= 11 is 0. The van der Waals surface area contributed by atoms with Gasteiger partial charge >= 0.3 is 0 Å². The van der Waals surface area contributed by atoms with Crippen LogP contribution in [0.5, 0.6) is 0 Å². The second kappa shape index (κ2) is 15.0. The van der Waals surface area contributed by atoms with Crippen LogP contribution in [0, 0.1) is 11.7 Å². The molecule has 0 spiro atoms. The third kappa shape index (κ3) is 8.76. The van der Waals surface area contributed by atoms with E-state index in [0.717, 1.165) is 89.6 Å². The van der Waals surface area contributed by atoms with Gasteiger partial charge < -0.3 is 19.7 Å². The van der Waals surface area contributed by atoms with E-state index < -0.39 is 0 Å². The maximum absolute atomic E-state index is 13.9. The van der Waals surface area contributed by atoms with Gasteiger partial charge in [-0.3, -0.25) is 9.89 Å². The first-order valence-electron chi connectivity index (χ1n) is 11.7. The van der Waals surface area contributed by atoms with Crippen molar-refractivity contribution in [2.24, 2.45) is 10.9 Å². The van der Waals surface area contributed by atoms with Gasteiger partial charge in [0.1, 0.15) is 5.82 Å². The molecule has 3 rings (SSSR count). The van der Waals surface area contributed by atoms with Crippen LogP contribution in [0.2, 0.25) is 0 Å². The minimum Gasteiger partial charge on any atom is -0.385 e. The third-order valence-corrected chi connectivity index (χ3v) is 6.41. The lowest BCUT2D eigenvalue weighted by Gasteiger charge is -2.36. The summed E-state index contributed by atoms with van der Waals surface area (Å²) in [4.78, 5) is 9.22. The molecule has 32 heavy (non-hydrogen) atoms. The predicted octanol–water partition coefficient (Wildman–Crippen LogP) is 3.75. The van der Waals surface area contributed by atoms with Gasteiger partial charge in [0.15, 0.2) is 5.96 Å². The number of aliphatic imine (C=N–C) groups is 1. The Bertz CT molecular complexity index is 678. The van der Waals surface area contributed by atoms with Crippen LogP contribution in [-0.2, 0) is 16.0 Å². The molecule has 8 heteroatoms. The SMILES string of the molecule is CN=C(NCC1CCN(Cc2ccccc2F)CC1)N1CCC(OCCCOC)CC1.I. The summed E-state index contributed by atoms with van der Waals surface area (Å²) in [6, 6.07) is 7.11. The molecule has 0 saturated carbocycles. The summed E-state index contributed by atoms with van der Waals surface area (Å²) in [5, 5.41) is 3.60. The highest BCUT2D eigenvalue weighted by Gasteiger charge is 2.24. The first-order chi connectivity index (χ1) is 15.2. The molecule has 182 valence electrons. The number of ether oxygens (including phenoxy) is 2. The zero-order valence-corrected chi connectivity index (χ0v) is 21.9. The van der Waals surface area contributed by atoms with E-state index in [9.17, 15) is 4.39 Å². The fourth-order valence-electron chi connectivity index (χ4n) is 4.47. The first kappa shape index (κ1) is 27.3. The van der Waals surface area contributed by atoms with E-state index in [2.05, 4.69) is 20.1 Å². The monoisotopic (exact) mass is 562 g/mol. The Morgan fingerprint density at radius 1 is 1.09 bits per heavy atom. The summed E-state index contributed by atoms with van der Waals surface area (Å²) in [7, 11) is 3.60. The summed E-state index contributed by atoms with van der Waals surface area (Å²) in [5.41, 5.74) is 0.797. The van der Waals surface area contributed by atoms with Crippen LogP contribution in [0.25, 0.3) is 0 Å². The van der Waals surface area contributed by atoms with Crippen molar-refractivity contribution in [1.82, 2.24) is 15.1 Å². The number of benzene rings is 1. The molecule has 2 aliphatic heterocycles. The highest BCUT2D eigenvalue weighted by Crippen LogP contribution is 2.20. The van der Waals surface area contributed by atoms with Gasteiger partial charge in [0, 0.05) is 59.1 Å². The van der Waals surface area contributed by atoms with Crippen molar-refractivity contribution in [3.63, 3.8) is 0 Å². The number of hydrogen-bond acceptors (Lipinski definition) is 4. The Kier molecular flexibility index (Phi) is 12.8. The second-order valence-electron chi connectivity index (χ2n) is 8.64. The molecule has 0 atom stereocenters. The molecule has 0 radical (unpaired) electrons. The van der Waals surface area contributed by atoms with Crippen LogP contribution in [0.1, 0.15) is 37.7 Å². The van der Waals surface area contributed by atoms with Gasteiger partial charge in [-0.05, 0) is 57.2 Å². The van der Waals surface area contributed by atoms with Crippen molar-refractivity contribution in [1.29, 1.82) is 0 Å². The molecule has 0 unspecified atom stereocenters. The fraction of sp³-hybridized carbons (Fsp3) is 0.708. The minimum absolute atomic E-state index is 0. The van der Waals surface area contributed by atoms with E-state index in [1.54, 1.807) is 19.2 Å². The Labute approximate surface area is 209 Å². The number of likely N-dealkylation sites (tertiary alicyclic amines) is 2. The number of halogens is 2. The highest BCUT2D eigenvalue weighted by molar-refractivity contribution is 14.0. The molecule has 2 heterocycles. The Balaban J connectivity index is 0.00000363. The molecular formula is C24H40FIN4O2. The maximum Gasteiger partial charge on any atom is 0.193 e. The number of nitrogens with one attached hydrogen (secondary N) is 1. The molecule has 2 saturated heterocycles. The number of nitrogens with zero attached hydrogens (tertiary/aromatic N) is 3. The summed E-state index contributed by atoms with van der Waals surface area (Å²) < 4.78 is 24.9. The lowest BCUT2D eigenvalue weighted by molar-refractivity contribution is 0.00986. The summed E-state index contributed by atoms with van der Waals surface area (Å²) in [6.45, 7) is 7.20. The van der Waals surface area contributed by atoms with Crippen LogP contribution in [0.4, 0.5) is 4.39 Å². The molecule has 0 bridgehead atoms. The van der Waals surface area contributed by atoms with Gasteiger partial charge in [0.05, 0.1) is 6.10 Å². The quantitative estimate of drug-likeness (QED) is 0.215. The predicted molar refractivity (Wildman–Crippen MR) is 138 cm³/mol. The van der Waals surface area contributed by atoms with Crippen LogP contribution >= 0.6 is 24.0 Å². The van der Waals surface area contributed by atoms with E-state index >= 15 is 0 Å². The molecule has 0 aliphatic carbocycles. The van der Waals surface area contributed by atoms with E-state index in [1.807, 2.05) is 19.2 Å². The van der Waals surface area contributed by atoms with E-state index in [0.29, 0.717) is 18.6 Å². The van der Waals surface area contributed by atoms with Crippen molar-refractivity contribution in [3.05, 3.63) is 35.6 Å². The molecule has 0 amide bonds. The molecule has 1 aromatic rings. The van der Waals surface area contributed by atoms with Gasteiger partial charge in [-0.15, -0.1) is 24.0 Å². The fourth-order valence-corrected chi connectivity index (χ4v) is 4.47. The Morgan fingerprint density at radius 2 is 1.81 bits per heavy atom. The van der Waals surface area contributed by atoms with Crippen LogP contribution < -0.4 is 5.32 Å². The largest absolute Gasteiger partial charge is 0.385 e. The molecule has 6 nitrogen and oxygen atoms in total. The standard InChI is InChI=1S/C24H39FN4O2.HI/c1-26-24(29-14-10-22(11-15-29)31-17-5-16-30-2)27-18-20-8-12-28(13-9-20)19-21-6-3-4-7-23(21)25;/h3-4,6-7,20,22H,5,8-19H2,1-2H3,(H,26,27);1H. The maximum atomic E-state index is 13.9. The van der Waals surface area contributed by atoms with Gasteiger partial charge in [-0.25, -0.2) is 4.39 Å². The topological polar surface area (TPSA) is 49.3 Å². The van der Waals surface area contributed by atoms with Gasteiger partial charge in [0.2, 0.25) is 0 Å². The molecule has 2 fully saturated rings. The van der Waals surface area contributed by atoms with Gasteiger partial charge in [0.25, 0.3) is 0 Å². The minimum atomic E-state index is -0.0979. The number of guanidine groups is 1. The van der Waals surface area contributed by atoms with Crippen molar-refractivity contribution >= 4 is 29.9 Å². The average molecular weight is 563 g/mol. The summed E-state index contributed by atoms with van der Waals surface area (Å²) in [6.07, 6.45) is 5.67. The van der Waals surface area contributed by atoms with E-state index in [-0.39, 0.29) is 29.8 Å². The van der Waals surface area contributed by atoms with Crippen LogP contribution in [0.15, 0.2) is 29.3 Å². The van der Waals surface area contributed by atoms with Crippen molar-refractivity contribution < 1.29 is 13.9 Å². The van der Waals surface area contributed by atoms with Gasteiger partial charge in [-0.1, -0.05) is 18.2 Å². The highest BCUT2D eigenvalue weighted by atomic mass is 127. The van der Waals surface area contributed by atoms with Crippen molar-refractivity contribution in [2.75, 3.05) is 60.1 Å². The number of hydrogen-bond donors (Lipinski definition) is 1. The molecule has 1 N–H and O–H groups in total.